The van der Waals surface area contributed by atoms with E-state index in [1.54, 1.807) is 0 Å². The monoisotopic (exact) mass is 505 g/mol. The maximum Gasteiger partial charge on any atom is 0.267 e. The zero-order valence-electron chi connectivity index (χ0n) is 19.0. The zero-order chi connectivity index (χ0) is 27.1. The molecule has 1 aliphatic heterocycles. The van der Waals surface area contributed by atoms with Crippen LogP contribution in [0.5, 0.6) is 5.75 Å². The number of carbonyl (C=O) groups excluding carboxylic acids is 4. The molecule has 12 nitrogen and oxygen atoms in total. The van der Waals surface area contributed by atoms with Gasteiger partial charge < -0.3 is 35.8 Å². The fourth-order valence-corrected chi connectivity index (χ4v) is 3.93. The first kappa shape index (κ1) is 28.4. The molecular formula is C21H25F2NO11. The summed E-state index contributed by atoms with van der Waals surface area (Å²) >= 11 is 0. The maximum atomic E-state index is 13.4. The minimum Gasteiger partial charge on any atom is -0.399 e. The van der Waals surface area contributed by atoms with Gasteiger partial charge in [-0.1, -0.05) is 0 Å². The van der Waals surface area contributed by atoms with E-state index in [9.17, 15) is 48.4 Å². The Bertz CT molecular complexity index is 1050. The topological polar surface area (TPSA) is 203 Å². The maximum absolute atomic E-state index is 13.4. The summed E-state index contributed by atoms with van der Waals surface area (Å²) in [6.07, 6.45) is -10.7. The number of hydrogen-bond donors (Lipinski definition) is 5. The van der Waals surface area contributed by atoms with Crippen molar-refractivity contribution in [3.63, 3.8) is 0 Å². The van der Waals surface area contributed by atoms with E-state index in [0.29, 0.717) is 20.8 Å². The van der Waals surface area contributed by atoms with E-state index >= 15 is 0 Å². The van der Waals surface area contributed by atoms with Gasteiger partial charge in [-0.05, 0) is 45.9 Å². The highest BCUT2D eigenvalue weighted by atomic mass is 19.3. The molecule has 2 rings (SSSR count). The lowest BCUT2D eigenvalue weighted by Gasteiger charge is -2.57. The highest BCUT2D eigenvalue weighted by molar-refractivity contribution is 6.05. The van der Waals surface area contributed by atoms with Gasteiger partial charge in [-0.3, -0.25) is 19.2 Å². The predicted molar refractivity (Wildman–Crippen MR) is 110 cm³/mol. The molecule has 0 radical (unpaired) electrons. The fraction of sp³-hybridized carbons (Fsp3) is 0.524. The number of nitrogen functional groups attached to an aromatic ring is 1. The quantitative estimate of drug-likeness (QED) is 0.158. The van der Waals surface area contributed by atoms with Crippen LogP contribution in [0.2, 0.25) is 0 Å². The van der Waals surface area contributed by atoms with Crippen LogP contribution in [0.25, 0.3) is 0 Å². The van der Waals surface area contributed by atoms with Crippen molar-refractivity contribution in [2.45, 2.75) is 69.4 Å². The average Bonchev–Trinajstić information content (AvgIpc) is 2.76. The molecular weight excluding hydrogens is 480 g/mol. The second kappa shape index (κ2) is 9.64. The van der Waals surface area contributed by atoms with Crippen LogP contribution in [0.1, 0.15) is 39.7 Å². The number of ketones is 4. The lowest BCUT2D eigenvalue weighted by Crippen LogP contribution is -2.87. The number of hydrogen-bond acceptors (Lipinski definition) is 12. The van der Waals surface area contributed by atoms with Gasteiger partial charge in [0, 0.05) is 5.69 Å². The van der Waals surface area contributed by atoms with Crippen LogP contribution in [0.3, 0.4) is 0 Å². The second-order valence-electron chi connectivity index (χ2n) is 8.13. The molecule has 0 amide bonds. The van der Waals surface area contributed by atoms with Crippen LogP contribution in [0, 0.1) is 0 Å². The first-order valence-corrected chi connectivity index (χ1v) is 10.0. The number of halogens is 2. The first-order valence-electron chi connectivity index (χ1n) is 10.0. The summed E-state index contributed by atoms with van der Waals surface area (Å²) in [5, 5.41) is 44.0. The number of carbonyl (C=O) groups is 4. The summed E-state index contributed by atoms with van der Waals surface area (Å²) in [7, 11) is 0. The molecule has 6 atom stereocenters. The van der Waals surface area contributed by atoms with Gasteiger partial charge in [-0.2, -0.15) is 4.89 Å². The van der Waals surface area contributed by atoms with Gasteiger partial charge in [0.25, 0.3) is 6.43 Å². The molecule has 1 aromatic carbocycles. The first-order chi connectivity index (χ1) is 16.0. The van der Waals surface area contributed by atoms with E-state index in [4.69, 9.17) is 20.2 Å². The number of aliphatic hydroxyl groups excluding tert-OH is 1. The van der Waals surface area contributed by atoms with Crippen molar-refractivity contribution in [3.05, 3.63) is 23.8 Å². The Labute approximate surface area is 197 Å². The van der Waals surface area contributed by atoms with Crippen molar-refractivity contribution in [3.8, 4) is 5.75 Å². The smallest absolute Gasteiger partial charge is 0.267 e. The Hall–Kier alpha value is -2.88. The molecule has 35 heavy (non-hydrogen) atoms. The van der Waals surface area contributed by atoms with Crippen LogP contribution in [0.15, 0.2) is 18.2 Å². The summed E-state index contributed by atoms with van der Waals surface area (Å²) in [5.41, 5.74) is -6.34. The molecule has 14 heteroatoms. The number of ether oxygens (including phenoxy) is 1. The lowest BCUT2D eigenvalue weighted by molar-refractivity contribution is -0.428. The number of alkyl halides is 2. The van der Waals surface area contributed by atoms with E-state index < -0.39 is 76.2 Å². The molecule has 0 aromatic heterocycles. The van der Waals surface area contributed by atoms with Crippen molar-refractivity contribution >= 4 is 28.8 Å². The Balaban J connectivity index is 2.72. The van der Waals surface area contributed by atoms with Crippen molar-refractivity contribution in [1.29, 1.82) is 0 Å². The second-order valence-corrected chi connectivity index (χ2v) is 8.13. The third-order valence-corrected chi connectivity index (χ3v) is 5.91. The SMILES string of the molecule is CC(=O)C(O)[C@H]1O[C@@H](OOc2ccc(N)cc2C(F)F)[C@@](O)(C(C)=O)[C@](O)(C(C)=O)[C@]1(O)C(C)=O. The normalized spacial score (nSPS) is 31.6. The Kier molecular flexibility index (Phi) is 7.81. The van der Waals surface area contributed by atoms with Crippen LogP contribution < -0.4 is 10.6 Å². The number of anilines is 1. The minimum absolute atomic E-state index is 0.0797. The van der Waals surface area contributed by atoms with Crippen molar-refractivity contribution in [2.75, 3.05) is 5.73 Å². The molecule has 6 N–H and O–H groups in total. The standard InChI is InChI=1S/C21H25F2NO11/c1-8(25)15(29)16-19(30,9(2)26)21(32,11(4)28)20(31,10(3)27)18(33-16)35-34-14-6-5-12(24)7-13(14)17(22)23/h5-7,15-18,29-32H,24H2,1-4H3/t15?,16-,18+,19+,20+,21+/m1/s1. The van der Waals surface area contributed by atoms with E-state index in [1.807, 2.05) is 0 Å². The van der Waals surface area contributed by atoms with E-state index in [-0.39, 0.29) is 5.69 Å². The molecule has 1 aromatic rings. The number of rotatable bonds is 9. The number of benzene rings is 1. The number of aliphatic hydroxyl groups is 4. The number of Topliss-reactive ketones (excluding diaryl/α,β-unsaturated/α-hetero) is 4. The molecule has 0 aliphatic carbocycles. The van der Waals surface area contributed by atoms with Gasteiger partial charge in [0.2, 0.25) is 17.5 Å². The summed E-state index contributed by atoms with van der Waals surface area (Å²) < 4.78 is 31.9. The fourth-order valence-electron chi connectivity index (χ4n) is 3.93. The van der Waals surface area contributed by atoms with Gasteiger partial charge in [-0.25, -0.2) is 8.78 Å². The highest BCUT2D eigenvalue weighted by Crippen LogP contribution is 2.48. The van der Waals surface area contributed by atoms with Gasteiger partial charge in [0.05, 0.1) is 5.56 Å². The summed E-state index contributed by atoms with van der Waals surface area (Å²) in [6.45, 7) is 2.67. The third kappa shape index (κ3) is 4.22. The van der Waals surface area contributed by atoms with Crippen LogP contribution >= 0.6 is 0 Å². The van der Waals surface area contributed by atoms with Gasteiger partial charge >= 0.3 is 0 Å². The van der Waals surface area contributed by atoms with Crippen LogP contribution in [0.4, 0.5) is 14.5 Å². The largest absolute Gasteiger partial charge is 0.399 e. The number of nitrogens with two attached hydrogens (primary N) is 1. The van der Waals surface area contributed by atoms with Gasteiger partial charge in [-0.15, -0.1) is 0 Å². The highest BCUT2D eigenvalue weighted by Gasteiger charge is 2.80. The molecule has 0 bridgehead atoms. The molecule has 1 fully saturated rings. The van der Waals surface area contributed by atoms with Gasteiger partial charge in [0.1, 0.15) is 12.2 Å². The lowest BCUT2D eigenvalue weighted by atomic mass is 9.60. The van der Waals surface area contributed by atoms with Gasteiger partial charge in [0.15, 0.2) is 34.5 Å². The molecule has 1 heterocycles. The third-order valence-electron chi connectivity index (χ3n) is 5.91. The Morgan fingerprint density at radius 2 is 1.54 bits per heavy atom. The van der Waals surface area contributed by atoms with Crippen molar-refractivity contribution in [2.24, 2.45) is 0 Å². The molecule has 0 spiro atoms. The summed E-state index contributed by atoms with van der Waals surface area (Å²) in [4.78, 5) is 59.1. The summed E-state index contributed by atoms with van der Waals surface area (Å²) in [6, 6.07) is 2.88. The molecule has 194 valence electrons. The van der Waals surface area contributed by atoms with E-state index in [2.05, 4.69) is 0 Å². The average molecular weight is 505 g/mol. The molecule has 0 saturated carbocycles. The predicted octanol–water partition coefficient (Wildman–Crippen LogP) is -0.848. The minimum atomic E-state index is -3.77. The Morgan fingerprint density at radius 1 is 1.00 bits per heavy atom. The van der Waals surface area contributed by atoms with E-state index in [0.717, 1.165) is 25.1 Å². The molecule has 1 unspecified atom stereocenters. The van der Waals surface area contributed by atoms with Crippen molar-refractivity contribution in [1.82, 2.24) is 0 Å². The zero-order valence-corrected chi connectivity index (χ0v) is 19.0. The van der Waals surface area contributed by atoms with Crippen molar-refractivity contribution < 1.29 is 62.9 Å². The Morgan fingerprint density at radius 3 is 1.97 bits per heavy atom. The molecule has 1 saturated heterocycles. The molecule has 1 aliphatic rings. The summed E-state index contributed by atoms with van der Waals surface area (Å²) in [5.74, 6) is -6.34. The van der Waals surface area contributed by atoms with Crippen LogP contribution in [-0.4, -0.2) is 78.9 Å². The van der Waals surface area contributed by atoms with Crippen LogP contribution in [-0.2, 0) is 28.8 Å². The van der Waals surface area contributed by atoms with E-state index in [1.165, 1.54) is 0 Å².